The Labute approximate surface area is 195 Å². The molecule has 0 bridgehead atoms. The molecular formula is C22H25FN10O. The SMILES string of the molecule is CNC(=O)/C(N)=C(/C=C(\N)Nc1ccc(F)cn1)Nc1cccc2c1N(C)CCn1cnnc1-2. The number of allylic oxidation sites excluding steroid dienone is 1. The number of fused-ring (bicyclic) bond motifs is 3. The van der Waals surface area contributed by atoms with E-state index in [2.05, 4.69) is 36.0 Å². The molecule has 4 rings (SSSR count). The highest BCUT2D eigenvalue weighted by molar-refractivity contribution is 5.95. The number of halogens is 1. The summed E-state index contributed by atoms with van der Waals surface area (Å²) < 4.78 is 15.1. The third kappa shape index (κ3) is 4.60. The fraction of sp³-hybridized carbons (Fsp3) is 0.182. The van der Waals surface area contributed by atoms with E-state index in [4.69, 9.17) is 11.5 Å². The van der Waals surface area contributed by atoms with Crippen molar-refractivity contribution < 1.29 is 9.18 Å². The highest BCUT2D eigenvalue weighted by Crippen LogP contribution is 2.38. The molecule has 0 saturated carbocycles. The number of likely N-dealkylation sites (N-methyl/N-ethyl adjacent to an activating group) is 2. The Balaban J connectivity index is 1.73. The lowest BCUT2D eigenvalue weighted by Crippen LogP contribution is -2.28. The Bertz CT molecular complexity index is 1260. The molecule has 176 valence electrons. The van der Waals surface area contributed by atoms with E-state index in [9.17, 15) is 9.18 Å². The van der Waals surface area contributed by atoms with E-state index in [0.29, 0.717) is 11.5 Å². The average Bonchev–Trinajstić information content (AvgIpc) is 3.26. The number of nitrogens with zero attached hydrogens (tertiary/aromatic N) is 5. The molecule has 3 aromatic rings. The molecule has 1 amide bonds. The summed E-state index contributed by atoms with van der Waals surface area (Å²) in [6.07, 6.45) is 4.25. The molecule has 1 aromatic carbocycles. The van der Waals surface area contributed by atoms with Crippen molar-refractivity contribution in [2.75, 3.05) is 36.2 Å². The maximum absolute atomic E-state index is 13.2. The normalized spacial score (nSPS) is 13.9. The Morgan fingerprint density at radius 3 is 2.74 bits per heavy atom. The number of pyridine rings is 1. The zero-order valence-corrected chi connectivity index (χ0v) is 18.7. The summed E-state index contributed by atoms with van der Waals surface area (Å²) in [7, 11) is 3.46. The number of carbonyl (C=O) groups is 1. The van der Waals surface area contributed by atoms with Crippen molar-refractivity contribution in [2.45, 2.75) is 6.54 Å². The zero-order chi connectivity index (χ0) is 24.2. The van der Waals surface area contributed by atoms with Gasteiger partial charge in [-0.2, -0.15) is 0 Å². The Kier molecular flexibility index (Phi) is 6.30. The molecule has 0 atom stereocenters. The largest absolute Gasteiger partial charge is 0.393 e. The van der Waals surface area contributed by atoms with Gasteiger partial charge in [-0.05, 0) is 24.3 Å². The van der Waals surface area contributed by atoms with Gasteiger partial charge in [0.15, 0.2) is 5.82 Å². The summed E-state index contributed by atoms with van der Waals surface area (Å²) in [5.41, 5.74) is 14.9. The molecule has 12 heteroatoms. The predicted octanol–water partition coefficient (Wildman–Crippen LogP) is 1.17. The van der Waals surface area contributed by atoms with Gasteiger partial charge in [-0.25, -0.2) is 9.37 Å². The predicted molar refractivity (Wildman–Crippen MR) is 128 cm³/mol. The summed E-state index contributed by atoms with van der Waals surface area (Å²) in [5, 5.41) is 16.9. The van der Waals surface area contributed by atoms with Crippen LogP contribution in [0.2, 0.25) is 0 Å². The van der Waals surface area contributed by atoms with Gasteiger partial charge in [-0.3, -0.25) is 4.79 Å². The van der Waals surface area contributed by atoms with Crippen molar-refractivity contribution in [3.8, 4) is 11.4 Å². The van der Waals surface area contributed by atoms with Crippen LogP contribution in [-0.4, -0.2) is 46.3 Å². The summed E-state index contributed by atoms with van der Waals surface area (Å²) in [6, 6.07) is 8.40. The molecule has 0 fully saturated rings. The maximum Gasteiger partial charge on any atom is 0.269 e. The first-order valence-electron chi connectivity index (χ1n) is 10.4. The number of nitrogens with two attached hydrogens (primary N) is 2. The number of hydrogen-bond donors (Lipinski definition) is 5. The number of hydrogen-bond acceptors (Lipinski definition) is 9. The van der Waals surface area contributed by atoms with Crippen LogP contribution in [0.4, 0.5) is 21.6 Å². The first-order valence-corrected chi connectivity index (χ1v) is 10.4. The van der Waals surface area contributed by atoms with Gasteiger partial charge in [0, 0.05) is 38.8 Å². The van der Waals surface area contributed by atoms with Crippen LogP contribution >= 0.6 is 0 Å². The number of aromatic nitrogens is 4. The van der Waals surface area contributed by atoms with E-state index in [1.165, 1.54) is 25.3 Å². The molecule has 0 unspecified atom stereocenters. The summed E-state index contributed by atoms with van der Waals surface area (Å²) in [4.78, 5) is 18.4. The molecule has 34 heavy (non-hydrogen) atoms. The first-order chi connectivity index (χ1) is 16.4. The van der Waals surface area contributed by atoms with Gasteiger partial charge in [-0.1, -0.05) is 6.07 Å². The van der Waals surface area contributed by atoms with Crippen LogP contribution in [0.3, 0.4) is 0 Å². The van der Waals surface area contributed by atoms with E-state index in [1.807, 2.05) is 29.8 Å². The van der Waals surface area contributed by atoms with Gasteiger partial charge in [0.1, 0.15) is 29.5 Å². The average molecular weight is 465 g/mol. The quantitative estimate of drug-likeness (QED) is 0.267. The number of rotatable bonds is 6. The summed E-state index contributed by atoms with van der Waals surface area (Å²) in [6.45, 7) is 1.44. The Hall–Kier alpha value is -4.61. The second-order valence-corrected chi connectivity index (χ2v) is 7.59. The third-order valence-electron chi connectivity index (χ3n) is 5.28. The van der Waals surface area contributed by atoms with Crippen LogP contribution in [0.15, 0.2) is 66.1 Å². The van der Waals surface area contributed by atoms with Crippen molar-refractivity contribution in [2.24, 2.45) is 11.5 Å². The minimum atomic E-state index is -0.485. The molecule has 11 nitrogen and oxygen atoms in total. The van der Waals surface area contributed by atoms with Crippen LogP contribution in [-0.2, 0) is 11.3 Å². The lowest BCUT2D eigenvalue weighted by atomic mass is 10.1. The monoisotopic (exact) mass is 464 g/mol. The summed E-state index contributed by atoms with van der Waals surface area (Å²) in [5.74, 6) is 0.265. The second-order valence-electron chi connectivity index (χ2n) is 7.59. The van der Waals surface area contributed by atoms with E-state index < -0.39 is 11.7 Å². The van der Waals surface area contributed by atoms with Crippen molar-refractivity contribution in [1.29, 1.82) is 0 Å². The second kappa shape index (κ2) is 9.48. The minimum Gasteiger partial charge on any atom is -0.393 e. The van der Waals surface area contributed by atoms with E-state index in [-0.39, 0.29) is 17.2 Å². The number of nitrogens with one attached hydrogen (secondary N) is 3. The Morgan fingerprint density at radius 2 is 2.00 bits per heavy atom. The molecule has 1 aliphatic rings. The topological polar surface area (TPSA) is 152 Å². The van der Waals surface area contributed by atoms with Gasteiger partial charge < -0.3 is 36.9 Å². The fourth-order valence-electron chi connectivity index (χ4n) is 3.61. The number of anilines is 3. The molecule has 2 aromatic heterocycles. The molecular weight excluding hydrogens is 439 g/mol. The number of carbonyl (C=O) groups excluding carboxylic acids is 1. The number of benzene rings is 1. The molecule has 1 aliphatic heterocycles. The highest BCUT2D eigenvalue weighted by Gasteiger charge is 2.23. The summed E-state index contributed by atoms with van der Waals surface area (Å²) >= 11 is 0. The smallest absolute Gasteiger partial charge is 0.269 e. The zero-order valence-electron chi connectivity index (χ0n) is 18.7. The first kappa shape index (κ1) is 22.6. The van der Waals surface area contributed by atoms with Crippen LogP contribution in [0.1, 0.15) is 0 Å². The van der Waals surface area contributed by atoms with Gasteiger partial charge in [0.2, 0.25) is 0 Å². The fourth-order valence-corrected chi connectivity index (χ4v) is 3.61. The van der Waals surface area contributed by atoms with Gasteiger partial charge in [0.25, 0.3) is 5.91 Å². The third-order valence-corrected chi connectivity index (χ3v) is 5.28. The lowest BCUT2D eigenvalue weighted by Gasteiger charge is -2.24. The Morgan fingerprint density at radius 1 is 1.18 bits per heavy atom. The molecule has 3 heterocycles. The minimum absolute atomic E-state index is 0.0728. The maximum atomic E-state index is 13.2. The van der Waals surface area contributed by atoms with Gasteiger partial charge >= 0.3 is 0 Å². The van der Waals surface area contributed by atoms with Crippen molar-refractivity contribution in [3.63, 3.8) is 0 Å². The number of para-hydroxylation sites is 1. The standard InChI is InChI=1S/C22H25FN10O/c1-26-22(34)19(25)16(10-17(24)30-18-7-6-13(23)11-27-18)29-15-5-3-4-14-20(15)32(2)8-9-33-12-28-31-21(14)33/h3-7,10-12,29H,8-9,24-25H2,1-2H3,(H,26,34)(H,27,30)/b17-10+,19-16+. The van der Waals surface area contributed by atoms with E-state index >= 15 is 0 Å². The van der Waals surface area contributed by atoms with Crippen LogP contribution in [0.25, 0.3) is 11.4 Å². The van der Waals surface area contributed by atoms with Crippen LogP contribution in [0, 0.1) is 5.82 Å². The van der Waals surface area contributed by atoms with Gasteiger partial charge in [-0.15, -0.1) is 10.2 Å². The van der Waals surface area contributed by atoms with Crippen molar-refractivity contribution in [3.05, 3.63) is 72.0 Å². The molecule has 0 aliphatic carbocycles. The lowest BCUT2D eigenvalue weighted by molar-refractivity contribution is -0.117. The van der Waals surface area contributed by atoms with Crippen LogP contribution in [0.5, 0.6) is 0 Å². The van der Waals surface area contributed by atoms with Gasteiger partial charge in [0.05, 0.1) is 23.3 Å². The highest BCUT2D eigenvalue weighted by atomic mass is 19.1. The molecule has 0 saturated heterocycles. The van der Waals surface area contributed by atoms with Crippen molar-refractivity contribution in [1.82, 2.24) is 25.1 Å². The molecule has 7 N–H and O–H groups in total. The van der Waals surface area contributed by atoms with E-state index in [1.54, 1.807) is 6.33 Å². The molecule has 0 radical (unpaired) electrons. The van der Waals surface area contributed by atoms with Crippen molar-refractivity contribution >= 4 is 23.1 Å². The number of amides is 1. The van der Waals surface area contributed by atoms with Crippen LogP contribution < -0.4 is 32.3 Å². The van der Waals surface area contributed by atoms with E-state index in [0.717, 1.165) is 36.4 Å². The molecule has 0 spiro atoms.